The third-order valence-electron chi connectivity index (χ3n) is 5.71. The second-order valence-corrected chi connectivity index (χ2v) is 9.70. The molecule has 0 spiro atoms. The maximum atomic E-state index is 5.70. The number of hydrogen-bond acceptors (Lipinski definition) is 7. The van der Waals surface area contributed by atoms with Crippen molar-refractivity contribution in [3.8, 4) is 0 Å². The lowest BCUT2D eigenvalue weighted by molar-refractivity contribution is -0.120. The first-order valence-electron chi connectivity index (χ1n) is 10.9. The summed E-state index contributed by atoms with van der Waals surface area (Å²) in [6, 6.07) is 0. The monoisotopic (exact) mass is 433 g/mol. The SMILES string of the molecule is CCCCC1=NC2Sc3c(SCC(OCC)OCC)ncnc3C2C2=C1CCC2. The maximum Gasteiger partial charge on any atom is 0.166 e. The normalized spacial score (nSPS) is 22.7. The number of unbranched alkanes of at least 4 members (excludes halogenated alkanes) is 1. The predicted molar refractivity (Wildman–Crippen MR) is 120 cm³/mol. The lowest BCUT2D eigenvalue weighted by Crippen LogP contribution is -2.21. The van der Waals surface area contributed by atoms with Crippen LogP contribution in [0, 0.1) is 0 Å². The van der Waals surface area contributed by atoms with E-state index in [1.807, 2.05) is 25.6 Å². The molecule has 4 rings (SSSR count). The van der Waals surface area contributed by atoms with Crippen molar-refractivity contribution in [2.45, 2.75) is 86.8 Å². The van der Waals surface area contributed by atoms with Crippen LogP contribution in [-0.2, 0) is 9.47 Å². The van der Waals surface area contributed by atoms with Gasteiger partial charge in [0.05, 0.1) is 22.3 Å². The van der Waals surface area contributed by atoms with Gasteiger partial charge in [-0.05, 0) is 51.5 Å². The van der Waals surface area contributed by atoms with Crippen LogP contribution in [0.15, 0.2) is 32.4 Å². The van der Waals surface area contributed by atoms with E-state index >= 15 is 0 Å². The average molecular weight is 434 g/mol. The Labute approximate surface area is 182 Å². The number of dihydropyridines is 1. The van der Waals surface area contributed by atoms with Crippen LogP contribution in [0.2, 0.25) is 0 Å². The van der Waals surface area contributed by atoms with Gasteiger partial charge in [0.2, 0.25) is 0 Å². The molecule has 3 heterocycles. The molecule has 0 radical (unpaired) electrons. The van der Waals surface area contributed by atoms with Crippen molar-refractivity contribution in [1.82, 2.24) is 9.97 Å². The molecule has 2 unspecified atom stereocenters. The molecule has 0 N–H and O–H groups in total. The van der Waals surface area contributed by atoms with Crippen LogP contribution in [0.25, 0.3) is 0 Å². The molecule has 7 heteroatoms. The fraction of sp³-hybridized carbons (Fsp3) is 0.682. The number of aromatic nitrogens is 2. The molecule has 0 amide bonds. The highest BCUT2D eigenvalue weighted by atomic mass is 32.2. The first-order chi connectivity index (χ1) is 14.3. The summed E-state index contributed by atoms with van der Waals surface area (Å²) in [6.07, 6.45) is 8.74. The Balaban J connectivity index is 1.57. The van der Waals surface area contributed by atoms with E-state index in [1.165, 1.54) is 48.4 Å². The smallest absolute Gasteiger partial charge is 0.166 e. The van der Waals surface area contributed by atoms with Crippen LogP contribution in [0.3, 0.4) is 0 Å². The number of nitrogens with zero attached hydrogens (tertiary/aromatic N) is 3. The summed E-state index contributed by atoms with van der Waals surface area (Å²) in [5.41, 5.74) is 5.72. The Morgan fingerprint density at radius 2 is 2.00 bits per heavy atom. The summed E-state index contributed by atoms with van der Waals surface area (Å²) < 4.78 is 11.4. The lowest BCUT2D eigenvalue weighted by atomic mass is 9.87. The van der Waals surface area contributed by atoms with Crippen LogP contribution in [0.4, 0.5) is 0 Å². The van der Waals surface area contributed by atoms with Crippen LogP contribution >= 0.6 is 23.5 Å². The highest BCUT2D eigenvalue weighted by molar-refractivity contribution is 8.02. The minimum absolute atomic E-state index is 0.197. The van der Waals surface area contributed by atoms with E-state index in [-0.39, 0.29) is 11.7 Å². The molecule has 1 aromatic heterocycles. The number of hydrogen-bond donors (Lipinski definition) is 0. The molecule has 0 bridgehead atoms. The number of rotatable bonds is 10. The topological polar surface area (TPSA) is 56.6 Å². The van der Waals surface area contributed by atoms with E-state index in [0.29, 0.717) is 19.1 Å². The lowest BCUT2D eigenvalue weighted by Gasteiger charge is -2.26. The van der Waals surface area contributed by atoms with Crippen LogP contribution in [0.5, 0.6) is 0 Å². The number of allylic oxidation sites excluding steroid dienone is 1. The number of thioether (sulfide) groups is 2. The first-order valence-corrected chi connectivity index (χ1v) is 12.8. The van der Waals surface area contributed by atoms with Gasteiger partial charge in [-0.1, -0.05) is 42.4 Å². The Bertz CT molecular complexity index is 790. The van der Waals surface area contributed by atoms with Gasteiger partial charge < -0.3 is 9.47 Å². The Hall–Kier alpha value is -0.890. The van der Waals surface area contributed by atoms with Gasteiger partial charge in [0, 0.05) is 18.9 Å². The summed E-state index contributed by atoms with van der Waals surface area (Å²) >= 11 is 3.57. The standard InChI is InChI=1S/C22H31N3O2S2/c1-4-7-11-16-14-9-8-10-15(14)18-19-20(29-21(18)25-16)22(24-13-23-19)28-12-17(26-5-2)27-6-3/h13,17-18,21H,4-12H2,1-3H3. The molecule has 2 aliphatic heterocycles. The first kappa shape index (κ1) is 21.3. The minimum atomic E-state index is -0.197. The highest BCUT2D eigenvalue weighted by Gasteiger charge is 2.44. The molecule has 2 atom stereocenters. The van der Waals surface area contributed by atoms with E-state index in [4.69, 9.17) is 19.5 Å². The van der Waals surface area contributed by atoms with E-state index in [9.17, 15) is 0 Å². The van der Waals surface area contributed by atoms with Crippen molar-refractivity contribution >= 4 is 29.2 Å². The summed E-state index contributed by atoms with van der Waals surface area (Å²) in [6.45, 7) is 7.56. The molecule has 0 fully saturated rings. The van der Waals surface area contributed by atoms with Crippen molar-refractivity contribution < 1.29 is 9.47 Å². The van der Waals surface area contributed by atoms with Gasteiger partial charge in [-0.25, -0.2) is 9.97 Å². The van der Waals surface area contributed by atoms with Crippen molar-refractivity contribution in [3.63, 3.8) is 0 Å². The van der Waals surface area contributed by atoms with E-state index in [2.05, 4.69) is 11.9 Å². The number of aliphatic imine (C=N–C) groups is 1. The van der Waals surface area contributed by atoms with Gasteiger partial charge in [0.15, 0.2) is 6.29 Å². The summed E-state index contributed by atoms with van der Waals surface area (Å²) in [4.78, 5) is 15.8. The second kappa shape index (κ2) is 9.94. The second-order valence-electron chi connectivity index (χ2n) is 7.57. The van der Waals surface area contributed by atoms with Crippen LogP contribution < -0.4 is 0 Å². The quantitative estimate of drug-likeness (QED) is 0.272. The number of fused-ring (bicyclic) bond motifs is 4. The molecule has 29 heavy (non-hydrogen) atoms. The zero-order valence-corrected chi connectivity index (χ0v) is 19.3. The zero-order chi connectivity index (χ0) is 20.2. The molecular formula is C22H31N3O2S2. The van der Waals surface area contributed by atoms with Crippen molar-refractivity contribution in [2.24, 2.45) is 4.99 Å². The molecule has 0 aromatic carbocycles. The van der Waals surface area contributed by atoms with Crippen molar-refractivity contribution in [1.29, 1.82) is 0 Å². The zero-order valence-electron chi connectivity index (χ0n) is 17.6. The predicted octanol–water partition coefficient (Wildman–Crippen LogP) is 5.61. The maximum absolute atomic E-state index is 5.70. The van der Waals surface area contributed by atoms with E-state index < -0.39 is 0 Å². The third kappa shape index (κ3) is 4.43. The summed E-state index contributed by atoms with van der Waals surface area (Å²) in [5.74, 6) is 1.08. The highest BCUT2D eigenvalue weighted by Crippen LogP contribution is 2.56. The Morgan fingerprint density at radius 1 is 1.17 bits per heavy atom. The van der Waals surface area contributed by atoms with Crippen LogP contribution in [-0.4, -0.2) is 46.3 Å². The van der Waals surface area contributed by atoms with Gasteiger partial charge in [-0.3, -0.25) is 4.99 Å². The molecular weight excluding hydrogens is 402 g/mol. The molecule has 0 saturated heterocycles. The summed E-state index contributed by atoms with van der Waals surface area (Å²) in [7, 11) is 0. The van der Waals surface area contributed by atoms with Gasteiger partial charge in [0.25, 0.3) is 0 Å². The summed E-state index contributed by atoms with van der Waals surface area (Å²) in [5, 5.41) is 1.28. The molecule has 5 nitrogen and oxygen atoms in total. The van der Waals surface area contributed by atoms with Gasteiger partial charge >= 0.3 is 0 Å². The average Bonchev–Trinajstić information content (AvgIpc) is 3.35. The van der Waals surface area contributed by atoms with Crippen molar-refractivity contribution in [3.05, 3.63) is 23.2 Å². The minimum Gasteiger partial charge on any atom is -0.352 e. The van der Waals surface area contributed by atoms with E-state index in [0.717, 1.165) is 17.2 Å². The number of ether oxygens (including phenoxy) is 2. The fourth-order valence-corrected chi connectivity index (χ4v) is 6.93. The fourth-order valence-electron chi connectivity index (χ4n) is 4.46. The Morgan fingerprint density at radius 3 is 2.76 bits per heavy atom. The van der Waals surface area contributed by atoms with Gasteiger partial charge in [0.1, 0.15) is 16.7 Å². The molecule has 1 aromatic rings. The molecule has 0 saturated carbocycles. The Kier molecular flexibility index (Phi) is 7.32. The van der Waals surface area contributed by atoms with Crippen LogP contribution in [0.1, 0.15) is 70.9 Å². The largest absolute Gasteiger partial charge is 0.352 e. The van der Waals surface area contributed by atoms with Crippen molar-refractivity contribution in [2.75, 3.05) is 19.0 Å². The third-order valence-corrected chi connectivity index (χ3v) is 8.12. The molecule has 3 aliphatic rings. The van der Waals surface area contributed by atoms with E-state index in [1.54, 1.807) is 29.2 Å². The van der Waals surface area contributed by atoms with Gasteiger partial charge in [-0.15, -0.1) is 0 Å². The molecule has 158 valence electrons. The molecule has 1 aliphatic carbocycles. The van der Waals surface area contributed by atoms with Gasteiger partial charge in [-0.2, -0.15) is 0 Å².